The Bertz CT molecular complexity index is 485. The maximum atomic E-state index is 13.5. The van der Waals surface area contributed by atoms with Gasteiger partial charge in [-0.25, -0.2) is 4.39 Å². The maximum Gasteiger partial charge on any atom is 0.317 e. The van der Waals surface area contributed by atoms with Crippen LogP contribution in [0.5, 0.6) is 0 Å². The third-order valence-corrected chi connectivity index (χ3v) is 3.37. The highest BCUT2D eigenvalue weighted by Gasteiger charge is 2.40. The number of carbonyl (C=O) groups is 1. The third-order valence-electron chi connectivity index (χ3n) is 3.37. The van der Waals surface area contributed by atoms with Crippen LogP contribution in [0.25, 0.3) is 0 Å². The molecule has 2 N–H and O–H groups in total. The van der Waals surface area contributed by atoms with Crippen molar-refractivity contribution >= 4 is 5.97 Å². The lowest BCUT2D eigenvalue weighted by atomic mass is 9.77. The first kappa shape index (κ1) is 17.6. The van der Waals surface area contributed by atoms with E-state index in [0.29, 0.717) is 18.6 Å². The van der Waals surface area contributed by atoms with Gasteiger partial charge in [-0.1, -0.05) is 12.1 Å². The van der Waals surface area contributed by atoms with Crippen molar-refractivity contribution in [3.63, 3.8) is 0 Å². The van der Waals surface area contributed by atoms with E-state index >= 15 is 0 Å². The summed E-state index contributed by atoms with van der Waals surface area (Å²) in [5.41, 5.74) is 4.93. The molecular weight excluding hydrogens is 273 g/mol. The van der Waals surface area contributed by atoms with E-state index < -0.39 is 17.2 Å². The molecular formula is C16H24FNO3. The monoisotopic (exact) mass is 297 g/mol. The Labute approximate surface area is 125 Å². The fourth-order valence-corrected chi connectivity index (χ4v) is 2.18. The Hall–Kier alpha value is -1.46. The van der Waals surface area contributed by atoms with Crippen molar-refractivity contribution < 1.29 is 18.7 Å². The van der Waals surface area contributed by atoms with Crippen molar-refractivity contribution in [2.45, 2.75) is 38.2 Å². The largest absolute Gasteiger partial charge is 0.468 e. The molecule has 1 aromatic carbocycles. The summed E-state index contributed by atoms with van der Waals surface area (Å²) in [5, 5.41) is 0. The Kier molecular flexibility index (Phi) is 5.87. The number of ether oxygens (including phenoxy) is 2. The van der Waals surface area contributed by atoms with Gasteiger partial charge < -0.3 is 15.2 Å². The van der Waals surface area contributed by atoms with E-state index in [2.05, 4.69) is 0 Å². The molecule has 1 aromatic rings. The molecule has 4 nitrogen and oxygen atoms in total. The molecule has 1 unspecified atom stereocenters. The second-order valence-corrected chi connectivity index (χ2v) is 6.00. The lowest BCUT2D eigenvalue weighted by molar-refractivity contribution is -0.148. The average molecular weight is 297 g/mol. The molecule has 0 aliphatic carbocycles. The van der Waals surface area contributed by atoms with Crippen molar-refractivity contribution in [2.24, 2.45) is 5.73 Å². The molecule has 118 valence electrons. The molecule has 0 aliphatic heterocycles. The first-order valence-corrected chi connectivity index (χ1v) is 6.94. The number of carbonyl (C=O) groups excluding carboxylic acids is 1. The zero-order valence-electron chi connectivity index (χ0n) is 13.1. The van der Waals surface area contributed by atoms with E-state index in [9.17, 15) is 9.18 Å². The quantitative estimate of drug-likeness (QED) is 0.819. The van der Waals surface area contributed by atoms with E-state index in [4.69, 9.17) is 15.2 Å². The van der Waals surface area contributed by atoms with Crippen LogP contribution in [0.15, 0.2) is 24.3 Å². The van der Waals surface area contributed by atoms with Crippen molar-refractivity contribution in [3.8, 4) is 0 Å². The van der Waals surface area contributed by atoms with Gasteiger partial charge in [0.15, 0.2) is 0 Å². The fraction of sp³-hybridized carbons (Fsp3) is 0.562. The molecule has 1 rings (SSSR count). The number of methoxy groups -OCH3 is 1. The smallest absolute Gasteiger partial charge is 0.317 e. The van der Waals surface area contributed by atoms with Gasteiger partial charge in [0.1, 0.15) is 11.2 Å². The molecule has 0 amide bonds. The molecule has 0 saturated carbocycles. The number of esters is 1. The number of nitrogens with two attached hydrogens (primary N) is 1. The standard InChI is InChI=1S/C16H24FNO3/c1-15(2,3)21-9-8-16(11-18,14(19)20-4)12-6-5-7-13(17)10-12/h5-7,10H,8-9,11,18H2,1-4H3. The summed E-state index contributed by atoms with van der Waals surface area (Å²) in [7, 11) is 1.30. The first-order valence-electron chi connectivity index (χ1n) is 6.94. The van der Waals surface area contributed by atoms with Gasteiger partial charge in [0.25, 0.3) is 0 Å². The lowest BCUT2D eigenvalue weighted by Gasteiger charge is -2.31. The van der Waals surface area contributed by atoms with Gasteiger partial charge in [-0.3, -0.25) is 4.79 Å². The SMILES string of the molecule is COC(=O)C(CN)(CCOC(C)(C)C)c1cccc(F)c1. The Morgan fingerprint density at radius 1 is 1.33 bits per heavy atom. The highest BCUT2D eigenvalue weighted by molar-refractivity contribution is 5.83. The summed E-state index contributed by atoms with van der Waals surface area (Å²) < 4.78 is 24.1. The van der Waals surface area contributed by atoms with E-state index in [-0.39, 0.29) is 12.1 Å². The minimum atomic E-state index is -1.10. The minimum absolute atomic E-state index is 0.0244. The molecule has 5 heteroatoms. The van der Waals surface area contributed by atoms with Crippen molar-refractivity contribution in [3.05, 3.63) is 35.6 Å². The zero-order chi connectivity index (χ0) is 16.1. The molecule has 0 fully saturated rings. The molecule has 1 atom stereocenters. The molecule has 0 aromatic heterocycles. The lowest BCUT2D eigenvalue weighted by Crippen LogP contribution is -2.45. The molecule has 0 bridgehead atoms. The van der Waals surface area contributed by atoms with Gasteiger partial charge in [-0.2, -0.15) is 0 Å². The number of rotatable bonds is 6. The summed E-state index contributed by atoms with van der Waals surface area (Å²) >= 11 is 0. The number of hydrogen-bond acceptors (Lipinski definition) is 4. The van der Waals surface area contributed by atoms with Crippen LogP contribution in [0.4, 0.5) is 4.39 Å². The van der Waals surface area contributed by atoms with Crippen LogP contribution in [0, 0.1) is 5.82 Å². The summed E-state index contributed by atoms with van der Waals surface area (Å²) in [4.78, 5) is 12.3. The van der Waals surface area contributed by atoms with Crippen LogP contribution in [0.3, 0.4) is 0 Å². The summed E-state index contributed by atoms with van der Waals surface area (Å²) in [6.45, 7) is 6.13. The van der Waals surface area contributed by atoms with Crippen molar-refractivity contribution in [2.75, 3.05) is 20.3 Å². The highest BCUT2D eigenvalue weighted by atomic mass is 19.1. The fourth-order valence-electron chi connectivity index (χ4n) is 2.18. The third kappa shape index (κ3) is 4.51. The van der Waals surface area contributed by atoms with Gasteiger partial charge in [0.05, 0.1) is 12.7 Å². The summed E-state index contributed by atoms with van der Waals surface area (Å²) in [5.74, 6) is -0.890. The number of hydrogen-bond donors (Lipinski definition) is 1. The van der Waals surface area contributed by atoms with E-state index in [1.54, 1.807) is 12.1 Å². The van der Waals surface area contributed by atoms with Crippen LogP contribution >= 0.6 is 0 Å². The number of halogens is 1. The summed E-state index contributed by atoms with van der Waals surface area (Å²) in [6.07, 6.45) is 0.330. The van der Waals surface area contributed by atoms with Gasteiger partial charge in [-0.15, -0.1) is 0 Å². The topological polar surface area (TPSA) is 61.5 Å². The van der Waals surface area contributed by atoms with Gasteiger partial charge >= 0.3 is 5.97 Å². The Morgan fingerprint density at radius 2 is 2.00 bits per heavy atom. The Balaban J connectivity index is 3.08. The normalized spacial score (nSPS) is 14.6. The van der Waals surface area contributed by atoms with Crippen LogP contribution in [-0.4, -0.2) is 31.8 Å². The zero-order valence-corrected chi connectivity index (χ0v) is 13.1. The van der Waals surface area contributed by atoms with E-state index in [1.807, 2.05) is 20.8 Å². The van der Waals surface area contributed by atoms with E-state index in [0.717, 1.165) is 0 Å². The van der Waals surface area contributed by atoms with Crippen molar-refractivity contribution in [1.82, 2.24) is 0 Å². The average Bonchev–Trinajstić information content (AvgIpc) is 2.42. The predicted octanol–water partition coefficient (Wildman–Crippen LogP) is 2.40. The number of benzene rings is 1. The molecule has 0 heterocycles. The second kappa shape index (κ2) is 7.00. The Morgan fingerprint density at radius 3 is 2.48 bits per heavy atom. The molecule has 0 saturated heterocycles. The maximum absolute atomic E-state index is 13.5. The molecule has 21 heavy (non-hydrogen) atoms. The van der Waals surface area contributed by atoms with Crippen LogP contribution < -0.4 is 5.73 Å². The van der Waals surface area contributed by atoms with Gasteiger partial charge in [0, 0.05) is 13.2 Å². The van der Waals surface area contributed by atoms with E-state index in [1.165, 1.54) is 19.2 Å². The van der Waals surface area contributed by atoms with Crippen LogP contribution in [0.1, 0.15) is 32.8 Å². The van der Waals surface area contributed by atoms with Crippen LogP contribution in [0.2, 0.25) is 0 Å². The van der Waals surface area contributed by atoms with Gasteiger partial charge in [0.2, 0.25) is 0 Å². The van der Waals surface area contributed by atoms with Crippen LogP contribution in [-0.2, 0) is 19.7 Å². The van der Waals surface area contributed by atoms with Gasteiger partial charge in [-0.05, 0) is 44.9 Å². The molecule has 0 radical (unpaired) electrons. The molecule has 0 spiro atoms. The second-order valence-electron chi connectivity index (χ2n) is 6.00. The highest BCUT2D eigenvalue weighted by Crippen LogP contribution is 2.30. The van der Waals surface area contributed by atoms with Crippen molar-refractivity contribution in [1.29, 1.82) is 0 Å². The predicted molar refractivity (Wildman–Crippen MR) is 79.5 cm³/mol. The minimum Gasteiger partial charge on any atom is -0.468 e. The molecule has 0 aliphatic rings. The summed E-state index contributed by atoms with van der Waals surface area (Å²) in [6, 6.07) is 5.89. The first-order chi connectivity index (χ1) is 9.75.